The summed E-state index contributed by atoms with van der Waals surface area (Å²) < 4.78 is 6.34. The monoisotopic (exact) mass is 394 g/mol. The number of aryl methyl sites for hydroxylation is 2. The molecule has 0 spiro atoms. The van der Waals surface area contributed by atoms with Crippen LogP contribution in [0.1, 0.15) is 69.1 Å². The van der Waals surface area contributed by atoms with Gasteiger partial charge in [-0.1, -0.05) is 41.8 Å². The molecule has 0 atom stereocenters. The van der Waals surface area contributed by atoms with Gasteiger partial charge in [-0.25, -0.2) is 0 Å². The number of carbonyl (C=O) groups excluding carboxylic acids is 1. The molecule has 0 bridgehead atoms. The van der Waals surface area contributed by atoms with Crippen LogP contribution in [0.25, 0.3) is 0 Å². The second-order valence-electron chi connectivity index (χ2n) is 7.42. The van der Waals surface area contributed by atoms with Crippen LogP contribution in [0.3, 0.4) is 0 Å². The topological polar surface area (TPSA) is 26.3 Å². The summed E-state index contributed by atoms with van der Waals surface area (Å²) in [6.07, 6.45) is 7.35. The average Bonchev–Trinajstić information content (AvgIpc) is 3.30. The first-order valence-corrected chi connectivity index (χ1v) is 10.1. The summed E-state index contributed by atoms with van der Waals surface area (Å²) in [6.45, 7) is 10.1. The fourth-order valence-electron chi connectivity index (χ4n) is 3.87. The summed E-state index contributed by atoms with van der Waals surface area (Å²) in [5, 5.41) is 0. The Morgan fingerprint density at radius 2 is 1.88 bits per heavy atom. The maximum absolute atomic E-state index is 11.7. The van der Waals surface area contributed by atoms with Gasteiger partial charge in [-0.05, 0) is 75.1 Å². The SMILES string of the molecule is CC(=O)C1(c2c(C)cc(C)cc2Br)CC1.CCCC1CCOCC1. The number of rotatable bonds is 4. The summed E-state index contributed by atoms with van der Waals surface area (Å²) in [4.78, 5) is 11.7. The maximum Gasteiger partial charge on any atom is 0.140 e. The van der Waals surface area contributed by atoms with E-state index in [4.69, 9.17) is 4.74 Å². The molecule has 1 aromatic carbocycles. The highest BCUT2D eigenvalue weighted by molar-refractivity contribution is 9.10. The molecule has 134 valence electrons. The molecule has 1 aromatic rings. The van der Waals surface area contributed by atoms with Crippen molar-refractivity contribution < 1.29 is 9.53 Å². The summed E-state index contributed by atoms with van der Waals surface area (Å²) in [5.74, 6) is 1.28. The first-order valence-electron chi connectivity index (χ1n) is 9.26. The number of hydrogen-bond donors (Lipinski definition) is 0. The van der Waals surface area contributed by atoms with E-state index in [1.807, 2.05) is 0 Å². The molecule has 1 saturated heterocycles. The Hall–Kier alpha value is -0.670. The predicted molar refractivity (Wildman–Crippen MR) is 104 cm³/mol. The highest BCUT2D eigenvalue weighted by Gasteiger charge is 2.50. The highest BCUT2D eigenvalue weighted by atomic mass is 79.9. The molecule has 1 aliphatic heterocycles. The van der Waals surface area contributed by atoms with E-state index in [0.29, 0.717) is 5.78 Å². The fourth-order valence-corrected chi connectivity index (χ4v) is 4.92. The van der Waals surface area contributed by atoms with Crippen LogP contribution in [0, 0.1) is 19.8 Å². The number of ether oxygens (including phenoxy) is 1. The zero-order valence-corrected chi connectivity index (χ0v) is 17.2. The summed E-state index contributed by atoms with van der Waals surface area (Å²) in [6, 6.07) is 4.26. The van der Waals surface area contributed by atoms with E-state index in [0.717, 1.165) is 36.4 Å². The molecule has 0 unspecified atom stereocenters. The molecule has 3 heteroatoms. The molecule has 2 aliphatic rings. The molecule has 0 radical (unpaired) electrons. The molecule has 0 amide bonds. The smallest absolute Gasteiger partial charge is 0.140 e. The van der Waals surface area contributed by atoms with Gasteiger partial charge in [0.15, 0.2) is 0 Å². The van der Waals surface area contributed by atoms with Crippen LogP contribution in [-0.2, 0) is 14.9 Å². The molecule has 2 fully saturated rings. The van der Waals surface area contributed by atoms with Crippen LogP contribution in [0.4, 0.5) is 0 Å². The van der Waals surface area contributed by atoms with Crippen LogP contribution in [0.5, 0.6) is 0 Å². The van der Waals surface area contributed by atoms with Crippen molar-refractivity contribution in [2.24, 2.45) is 5.92 Å². The Labute approximate surface area is 155 Å². The Bertz CT molecular complexity index is 543. The van der Waals surface area contributed by atoms with Crippen molar-refractivity contribution in [3.63, 3.8) is 0 Å². The van der Waals surface area contributed by atoms with Gasteiger partial charge in [-0.3, -0.25) is 4.79 Å². The minimum absolute atomic E-state index is 0.170. The van der Waals surface area contributed by atoms with E-state index in [9.17, 15) is 4.79 Å². The van der Waals surface area contributed by atoms with E-state index in [1.54, 1.807) is 6.92 Å². The molecule has 0 aromatic heterocycles. The van der Waals surface area contributed by atoms with E-state index in [2.05, 4.69) is 48.8 Å². The quantitative estimate of drug-likeness (QED) is 0.635. The van der Waals surface area contributed by atoms with Crippen LogP contribution >= 0.6 is 15.9 Å². The zero-order chi connectivity index (χ0) is 17.7. The predicted octanol–water partition coefficient (Wildman–Crippen LogP) is 5.90. The second-order valence-corrected chi connectivity index (χ2v) is 8.28. The maximum atomic E-state index is 11.7. The number of Topliss-reactive ketones (excluding diaryl/α,β-unsaturated/α-hetero) is 1. The van der Waals surface area contributed by atoms with Crippen LogP contribution in [0.15, 0.2) is 16.6 Å². The summed E-state index contributed by atoms with van der Waals surface area (Å²) >= 11 is 3.59. The van der Waals surface area contributed by atoms with Gasteiger partial charge in [0.1, 0.15) is 5.78 Å². The number of ketones is 1. The molecule has 1 heterocycles. The number of halogens is 1. The summed E-state index contributed by atoms with van der Waals surface area (Å²) in [7, 11) is 0. The molecule has 1 saturated carbocycles. The van der Waals surface area contributed by atoms with Crippen molar-refractivity contribution in [2.45, 2.75) is 71.6 Å². The van der Waals surface area contributed by atoms with Gasteiger partial charge >= 0.3 is 0 Å². The molecule has 2 nitrogen and oxygen atoms in total. The van der Waals surface area contributed by atoms with Gasteiger partial charge in [0.2, 0.25) is 0 Å². The third-order valence-electron chi connectivity index (χ3n) is 5.37. The Kier molecular flexibility index (Phi) is 7.06. The lowest BCUT2D eigenvalue weighted by Gasteiger charge is -2.20. The summed E-state index contributed by atoms with van der Waals surface area (Å²) in [5.41, 5.74) is 3.51. The first kappa shape index (κ1) is 19.7. The van der Waals surface area contributed by atoms with Gasteiger partial charge in [-0.2, -0.15) is 0 Å². The minimum Gasteiger partial charge on any atom is -0.381 e. The van der Waals surface area contributed by atoms with Gasteiger partial charge in [0.25, 0.3) is 0 Å². The lowest BCUT2D eigenvalue weighted by Crippen LogP contribution is -2.19. The van der Waals surface area contributed by atoms with Crippen LogP contribution < -0.4 is 0 Å². The number of carbonyl (C=O) groups is 1. The van der Waals surface area contributed by atoms with Gasteiger partial charge in [-0.15, -0.1) is 0 Å². The zero-order valence-electron chi connectivity index (χ0n) is 15.6. The Balaban J connectivity index is 0.000000198. The lowest BCUT2D eigenvalue weighted by atomic mass is 9.88. The molecular formula is C21H31BrO2. The average molecular weight is 395 g/mol. The number of hydrogen-bond acceptors (Lipinski definition) is 2. The molecular weight excluding hydrogens is 364 g/mol. The van der Waals surface area contributed by atoms with E-state index >= 15 is 0 Å². The largest absolute Gasteiger partial charge is 0.381 e. The van der Waals surface area contributed by atoms with Gasteiger partial charge in [0.05, 0.1) is 5.41 Å². The normalized spacial score (nSPS) is 19.4. The van der Waals surface area contributed by atoms with Crippen molar-refractivity contribution in [2.75, 3.05) is 13.2 Å². The molecule has 3 rings (SSSR count). The van der Waals surface area contributed by atoms with Crippen molar-refractivity contribution in [1.29, 1.82) is 0 Å². The third-order valence-corrected chi connectivity index (χ3v) is 6.00. The van der Waals surface area contributed by atoms with E-state index in [1.165, 1.54) is 42.4 Å². The van der Waals surface area contributed by atoms with Crippen LogP contribution in [-0.4, -0.2) is 19.0 Å². The standard InChI is InChI=1S/C13H15BrO.C8H16O/c1-8-6-9(2)12(11(14)7-8)13(4-5-13)10(3)15;1-2-3-8-4-6-9-7-5-8/h6-7H,4-5H2,1-3H3;8H,2-7H2,1H3. The lowest BCUT2D eigenvalue weighted by molar-refractivity contribution is -0.119. The molecule has 0 N–H and O–H groups in total. The van der Waals surface area contributed by atoms with E-state index in [-0.39, 0.29) is 5.41 Å². The molecule has 1 aliphatic carbocycles. The Morgan fingerprint density at radius 3 is 2.33 bits per heavy atom. The van der Waals surface area contributed by atoms with E-state index < -0.39 is 0 Å². The van der Waals surface area contributed by atoms with Gasteiger partial charge < -0.3 is 4.74 Å². The third kappa shape index (κ3) is 4.70. The van der Waals surface area contributed by atoms with Gasteiger partial charge in [0, 0.05) is 17.7 Å². The van der Waals surface area contributed by atoms with Crippen molar-refractivity contribution >= 4 is 21.7 Å². The van der Waals surface area contributed by atoms with Crippen molar-refractivity contribution in [1.82, 2.24) is 0 Å². The minimum atomic E-state index is -0.170. The Morgan fingerprint density at radius 1 is 1.25 bits per heavy atom. The highest BCUT2D eigenvalue weighted by Crippen LogP contribution is 2.52. The van der Waals surface area contributed by atoms with Crippen molar-refractivity contribution in [3.8, 4) is 0 Å². The van der Waals surface area contributed by atoms with Crippen LogP contribution in [0.2, 0.25) is 0 Å². The number of benzene rings is 1. The first-order chi connectivity index (χ1) is 11.4. The molecule has 24 heavy (non-hydrogen) atoms. The fraction of sp³-hybridized carbons (Fsp3) is 0.667. The second kappa shape index (κ2) is 8.62. The van der Waals surface area contributed by atoms with Crippen molar-refractivity contribution in [3.05, 3.63) is 33.3 Å².